The van der Waals surface area contributed by atoms with Gasteiger partial charge in [-0.2, -0.15) is 0 Å². The number of fused-ring (bicyclic) bond motifs is 1. The number of aromatic nitrogens is 2. The highest BCUT2D eigenvalue weighted by atomic mass is 35.5. The van der Waals surface area contributed by atoms with E-state index in [0.717, 1.165) is 59.9 Å². The van der Waals surface area contributed by atoms with Crippen LogP contribution < -0.4 is 10.2 Å². The molecular formula is C22H26ClN5OS. The predicted octanol–water partition coefficient (Wildman–Crippen LogP) is 4.12. The third kappa shape index (κ3) is 4.29. The van der Waals surface area contributed by atoms with Crippen LogP contribution in [0.15, 0.2) is 30.6 Å². The molecule has 1 N–H and O–H groups in total. The standard InChI is InChI=1S/C22H26ClN5OS/c1-3-8-27-9-11-28(12-10-27)20-18-15(2)19(30-22(18)26-14-25-20)21(29)24-13-16-6-4-5-7-17(16)23/h4-7,14H,3,8-13H2,1-2H3,(H,24,29). The molecule has 2 aromatic heterocycles. The van der Waals surface area contributed by atoms with Crippen LogP contribution in [0, 0.1) is 6.92 Å². The van der Waals surface area contributed by atoms with Crippen LogP contribution in [0.4, 0.5) is 5.82 Å². The van der Waals surface area contributed by atoms with E-state index in [2.05, 4.69) is 32.0 Å². The molecule has 1 aliphatic heterocycles. The van der Waals surface area contributed by atoms with E-state index >= 15 is 0 Å². The molecule has 6 nitrogen and oxygen atoms in total. The summed E-state index contributed by atoms with van der Waals surface area (Å²) in [5, 5.41) is 4.64. The molecule has 1 aliphatic rings. The fourth-order valence-corrected chi connectivity index (χ4v) is 5.17. The molecule has 1 amide bonds. The summed E-state index contributed by atoms with van der Waals surface area (Å²) < 4.78 is 0. The van der Waals surface area contributed by atoms with Gasteiger partial charge in [-0.3, -0.25) is 9.69 Å². The summed E-state index contributed by atoms with van der Waals surface area (Å²) in [6.07, 6.45) is 2.78. The summed E-state index contributed by atoms with van der Waals surface area (Å²) in [6, 6.07) is 7.55. The van der Waals surface area contributed by atoms with E-state index in [1.54, 1.807) is 6.33 Å². The lowest BCUT2D eigenvalue weighted by Crippen LogP contribution is -2.46. The van der Waals surface area contributed by atoms with E-state index in [9.17, 15) is 4.79 Å². The van der Waals surface area contributed by atoms with Crippen molar-refractivity contribution in [2.75, 3.05) is 37.6 Å². The fourth-order valence-electron chi connectivity index (χ4n) is 3.91. The summed E-state index contributed by atoms with van der Waals surface area (Å²) >= 11 is 7.64. The van der Waals surface area contributed by atoms with Crippen LogP contribution in [0.1, 0.15) is 34.1 Å². The summed E-state index contributed by atoms with van der Waals surface area (Å²) in [6.45, 7) is 9.69. The Balaban J connectivity index is 1.55. The van der Waals surface area contributed by atoms with E-state index in [-0.39, 0.29) is 5.91 Å². The topological polar surface area (TPSA) is 61.4 Å². The maximum atomic E-state index is 12.9. The Bertz CT molecular complexity index is 1050. The Morgan fingerprint density at radius 3 is 2.70 bits per heavy atom. The lowest BCUT2D eigenvalue weighted by atomic mass is 10.1. The minimum atomic E-state index is -0.103. The highest BCUT2D eigenvalue weighted by Crippen LogP contribution is 2.35. The quantitative estimate of drug-likeness (QED) is 0.621. The van der Waals surface area contributed by atoms with Crippen LogP contribution >= 0.6 is 22.9 Å². The summed E-state index contributed by atoms with van der Waals surface area (Å²) in [5.74, 6) is 0.837. The summed E-state index contributed by atoms with van der Waals surface area (Å²) in [4.78, 5) is 28.3. The van der Waals surface area contributed by atoms with Gasteiger partial charge in [-0.25, -0.2) is 9.97 Å². The number of rotatable bonds is 6. The van der Waals surface area contributed by atoms with Gasteiger partial charge in [0.05, 0.1) is 10.3 Å². The molecule has 0 bridgehead atoms. The van der Waals surface area contributed by atoms with E-state index < -0.39 is 0 Å². The Morgan fingerprint density at radius 1 is 1.20 bits per heavy atom. The highest BCUT2D eigenvalue weighted by Gasteiger charge is 2.24. The van der Waals surface area contributed by atoms with Crippen molar-refractivity contribution in [3.05, 3.63) is 51.6 Å². The third-order valence-electron chi connectivity index (χ3n) is 5.52. The third-order valence-corrected chi connectivity index (χ3v) is 7.09. The molecule has 0 atom stereocenters. The average Bonchev–Trinajstić information content (AvgIpc) is 3.11. The van der Waals surface area contributed by atoms with Crippen LogP contribution in [0.25, 0.3) is 10.2 Å². The van der Waals surface area contributed by atoms with Gasteiger partial charge in [-0.1, -0.05) is 36.7 Å². The number of aryl methyl sites for hydroxylation is 1. The van der Waals surface area contributed by atoms with Crippen molar-refractivity contribution in [1.29, 1.82) is 0 Å². The number of nitrogens with zero attached hydrogens (tertiary/aromatic N) is 4. The van der Waals surface area contributed by atoms with Crippen molar-refractivity contribution in [2.24, 2.45) is 0 Å². The number of anilines is 1. The van der Waals surface area contributed by atoms with Crippen LogP contribution in [0.3, 0.4) is 0 Å². The molecule has 0 saturated carbocycles. The maximum absolute atomic E-state index is 12.9. The summed E-state index contributed by atoms with van der Waals surface area (Å²) in [7, 11) is 0. The van der Waals surface area contributed by atoms with Gasteiger partial charge in [0.2, 0.25) is 0 Å². The first-order valence-electron chi connectivity index (χ1n) is 10.3. The first kappa shape index (κ1) is 21.0. The molecule has 30 heavy (non-hydrogen) atoms. The van der Waals surface area contributed by atoms with Crippen molar-refractivity contribution in [2.45, 2.75) is 26.8 Å². The second-order valence-electron chi connectivity index (χ2n) is 7.54. The van der Waals surface area contributed by atoms with Gasteiger partial charge in [-0.15, -0.1) is 11.3 Å². The van der Waals surface area contributed by atoms with Gasteiger partial charge < -0.3 is 10.2 Å². The molecule has 0 unspecified atom stereocenters. The number of nitrogens with one attached hydrogen (secondary N) is 1. The van der Waals surface area contributed by atoms with Crippen molar-refractivity contribution in [3.8, 4) is 0 Å². The number of hydrogen-bond donors (Lipinski definition) is 1. The monoisotopic (exact) mass is 443 g/mol. The predicted molar refractivity (Wildman–Crippen MR) is 124 cm³/mol. The molecule has 0 spiro atoms. The Morgan fingerprint density at radius 2 is 1.97 bits per heavy atom. The van der Waals surface area contributed by atoms with Gasteiger partial charge in [0.15, 0.2) is 0 Å². The number of amides is 1. The molecule has 4 rings (SSSR count). The van der Waals surface area contributed by atoms with E-state index in [0.29, 0.717) is 16.4 Å². The summed E-state index contributed by atoms with van der Waals surface area (Å²) in [5.41, 5.74) is 1.84. The largest absolute Gasteiger partial charge is 0.353 e. The van der Waals surface area contributed by atoms with Gasteiger partial charge >= 0.3 is 0 Å². The molecule has 3 heterocycles. The van der Waals surface area contributed by atoms with E-state index in [4.69, 9.17) is 11.6 Å². The average molecular weight is 444 g/mol. The molecule has 0 aliphatic carbocycles. The van der Waals surface area contributed by atoms with Crippen LogP contribution in [0.5, 0.6) is 0 Å². The number of thiophene rings is 1. The van der Waals surface area contributed by atoms with Crippen molar-refractivity contribution in [3.63, 3.8) is 0 Å². The Hall–Kier alpha value is -2.22. The molecule has 1 aromatic carbocycles. The molecule has 0 radical (unpaired) electrons. The molecule has 158 valence electrons. The number of benzene rings is 1. The lowest BCUT2D eigenvalue weighted by molar-refractivity contribution is 0.0954. The first-order chi connectivity index (χ1) is 14.6. The molecular weight excluding hydrogens is 418 g/mol. The van der Waals surface area contributed by atoms with Crippen molar-refractivity contribution < 1.29 is 4.79 Å². The van der Waals surface area contributed by atoms with Crippen LogP contribution in [0.2, 0.25) is 5.02 Å². The van der Waals surface area contributed by atoms with Gasteiger partial charge in [0.1, 0.15) is 17.0 Å². The smallest absolute Gasteiger partial charge is 0.261 e. The van der Waals surface area contributed by atoms with Crippen LogP contribution in [-0.4, -0.2) is 53.5 Å². The van der Waals surface area contributed by atoms with Crippen LogP contribution in [-0.2, 0) is 6.54 Å². The molecule has 1 fully saturated rings. The molecule has 1 saturated heterocycles. The Labute approximate surface area is 185 Å². The normalized spacial score (nSPS) is 15.0. The number of carbonyl (C=O) groups excluding carboxylic acids is 1. The second-order valence-corrected chi connectivity index (χ2v) is 8.94. The number of piperazine rings is 1. The highest BCUT2D eigenvalue weighted by molar-refractivity contribution is 7.20. The number of carbonyl (C=O) groups is 1. The number of hydrogen-bond acceptors (Lipinski definition) is 6. The molecule has 8 heteroatoms. The minimum absolute atomic E-state index is 0.103. The zero-order valence-corrected chi connectivity index (χ0v) is 18.9. The Kier molecular flexibility index (Phi) is 6.51. The van der Waals surface area contributed by atoms with Gasteiger partial charge in [0.25, 0.3) is 5.91 Å². The number of halogens is 1. The molecule has 3 aromatic rings. The van der Waals surface area contributed by atoms with E-state index in [1.807, 2.05) is 31.2 Å². The van der Waals surface area contributed by atoms with Gasteiger partial charge in [0, 0.05) is 37.7 Å². The zero-order chi connectivity index (χ0) is 21.1. The lowest BCUT2D eigenvalue weighted by Gasteiger charge is -2.35. The maximum Gasteiger partial charge on any atom is 0.261 e. The van der Waals surface area contributed by atoms with E-state index in [1.165, 1.54) is 17.8 Å². The van der Waals surface area contributed by atoms with Crippen molar-refractivity contribution >= 4 is 44.9 Å². The fraction of sp³-hybridized carbons (Fsp3) is 0.409. The van der Waals surface area contributed by atoms with Crippen molar-refractivity contribution in [1.82, 2.24) is 20.2 Å². The second kappa shape index (κ2) is 9.29. The zero-order valence-electron chi connectivity index (χ0n) is 17.3. The van der Waals surface area contributed by atoms with Gasteiger partial charge in [-0.05, 0) is 37.1 Å². The SMILES string of the molecule is CCCN1CCN(c2ncnc3sc(C(=O)NCc4ccccc4Cl)c(C)c23)CC1. The minimum Gasteiger partial charge on any atom is -0.353 e. The first-order valence-corrected chi connectivity index (χ1v) is 11.5.